The lowest BCUT2D eigenvalue weighted by Crippen LogP contribution is -1.84. The molecule has 0 bridgehead atoms. The van der Waals surface area contributed by atoms with Crippen LogP contribution in [0.3, 0.4) is 0 Å². The van der Waals surface area contributed by atoms with Gasteiger partial charge in [-0.25, -0.2) is 0 Å². The zero-order valence-corrected chi connectivity index (χ0v) is 7.27. The molecule has 0 saturated heterocycles. The van der Waals surface area contributed by atoms with Crippen LogP contribution in [-0.2, 0) is 0 Å². The van der Waals surface area contributed by atoms with Crippen molar-refractivity contribution in [1.82, 2.24) is 4.98 Å². The van der Waals surface area contributed by atoms with Gasteiger partial charge < -0.3 is 9.47 Å². The Labute approximate surface area is 69.3 Å². The highest BCUT2D eigenvalue weighted by molar-refractivity contribution is 7.14. The SMILES string of the molecule is C=Cc1sc(OC)nc1OC. The van der Waals surface area contributed by atoms with Crippen molar-refractivity contribution in [2.24, 2.45) is 0 Å². The maximum atomic E-state index is 4.97. The molecule has 1 aromatic rings. The summed E-state index contributed by atoms with van der Waals surface area (Å²) in [5.41, 5.74) is 0. The number of thiazole rings is 1. The minimum Gasteiger partial charge on any atom is -0.480 e. The third kappa shape index (κ3) is 1.51. The molecule has 11 heavy (non-hydrogen) atoms. The van der Waals surface area contributed by atoms with Gasteiger partial charge in [0.1, 0.15) is 0 Å². The number of hydrogen-bond donors (Lipinski definition) is 0. The standard InChI is InChI=1S/C7H9NO2S/c1-4-5-6(9-2)8-7(10-3)11-5/h4H,1H2,2-3H3. The van der Waals surface area contributed by atoms with Crippen LogP contribution in [0.15, 0.2) is 6.58 Å². The van der Waals surface area contributed by atoms with E-state index in [1.807, 2.05) is 0 Å². The molecule has 0 aliphatic rings. The Hall–Kier alpha value is -1.03. The quantitative estimate of drug-likeness (QED) is 0.695. The van der Waals surface area contributed by atoms with E-state index >= 15 is 0 Å². The van der Waals surface area contributed by atoms with Crippen LogP contribution in [0.2, 0.25) is 0 Å². The Balaban J connectivity index is 3.01. The van der Waals surface area contributed by atoms with Crippen LogP contribution in [0.25, 0.3) is 6.08 Å². The molecule has 4 heteroatoms. The molecule has 3 nitrogen and oxygen atoms in total. The molecule has 1 rings (SSSR count). The normalized spacial score (nSPS) is 9.27. The fraction of sp³-hybridized carbons (Fsp3) is 0.286. The fourth-order valence-electron chi connectivity index (χ4n) is 0.661. The van der Waals surface area contributed by atoms with Gasteiger partial charge in [0, 0.05) is 0 Å². The fourth-order valence-corrected chi connectivity index (χ4v) is 1.36. The molecule has 0 spiro atoms. The van der Waals surface area contributed by atoms with Crippen molar-refractivity contribution in [3.05, 3.63) is 11.5 Å². The topological polar surface area (TPSA) is 31.4 Å². The minimum absolute atomic E-state index is 0.571. The van der Waals surface area contributed by atoms with E-state index in [1.165, 1.54) is 11.3 Å². The van der Waals surface area contributed by atoms with Crippen molar-refractivity contribution in [2.75, 3.05) is 14.2 Å². The lowest BCUT2D eigenvalue weighted by atomic mass is 10.5. The average Bonchev–Trinajstić information content (AvgIpc) is 2.46. The molecule has 0 N–H and O–H groups in total. The molecule has 1 aromatic heterocycles. The molecule has 0 unspecified atom stereocenters. The summed E-state index contributed by atoms with van der Waals surface area (Å²) in [6.07, 6.45) is 1.69. The summed E-state index contributed by atoms with van der Waals surface area (Å²) < 4.78 is 9.89. The average molecular weight is 171 g/mol. The molecule has 0 amide bonds. The Morgan fingerprint density at radius 3 is 2.55 bits per heavy atom. The van der Waals surface area contributed by atoms with Crippen LogP contribution in [0, 0.1) is 0 Å². The van der Waals surface area contributed by atoms with Gasteiger partial charge in [0.2, 0.25) is 5.88 Å². The molecule has 0 aromatic carbocycles. The van der Waals surface area contributed by atoms with E-state index in [1.54, 1.807) is 20.3 Å². The molecule has 0 radical (unpaired) electrons. The van der Waals surface area contributed by atoms with Gasteiger partial charge in [-0.15, -0.1) is 0 Å². The smallest absolute Gasteiger partial charge is 0.276 e. The number of hydrogen-bond acceptors (Lipinski definition) is 4. The maximum Gasteiger partial charge on any atom is 0.276 e. The first-order valence-corrected chi connectivity index (χ1v) is 3.84. The zero-order valence-electron chi connectivity index (χ0n) is 6.46. The van der Waals surface area contributed by atoms with Crippen LogP contribution in [0.5, 0.6) is 11.1 Å². The largest absolute Gasteiger partial charge is 0.480 e. The summed E-state index contributed by atoms with van der Waals surface area (Å²) in [5, 5.41) is 0.594. The summed E-state index contributed by atoms with van der Waals surface area (Å²) in [7, 11) is 3.15. The third-order valence-corrected chi connectivity index (χ3v) is 2.15. The predicted molar refractivity (Wildman–Crippen MR) is 45.3 cm³/mol. The number of ether oxygens (including phenoxy) is 2. The lowest BCUT2D eigenvalue weighted by molar-refractivity contribution is 0.377. The van der Waals surface area contributed by atoms with E-state index < -0.39 is 0 Å². The lowest BCUT2D eigenvalue weighted by Gasteiger charge is -1.91. The van der Waals surface area contributed by atoms with E-state index in [4.69, 9.17) is 9.47 Å². The summed E-state index contributed by atoms with van der Waals surface area (Å²) >= 11 is 1.41. The number of aromatic nitrogens is 1. The summed E-state index contributed by atoms with van der Waals surface area (Å²) in [4.78, 5) is 4.91. The van der Waals surface area contributed by atoms with Crippen LogP contribution in [0.1, 0.15) is 4.88 Å². The zero-order chi connectivity index (χ0) is 8.27. The Kier molecular flexibility index (Phi) is 2.48. The van der Waals surface area contributed by atoms with Gasteiger partial charge in [0.05, 0.1) is 19.1 Å². The van der Waals surface area contributed by atoms with E-state index in [-0.39, 0.29) is 0 Å². The molecule has 0 saturated carbocycles. The summed E-state index contributed by atoms with van der Waals surface area (Å²) in [6, 6.07) is 0. The molecule has 0 atom stereocenters. The van der Waals surface area contributed by atoms with Crippen molar-refractivity contribution in [1.29, 1.82) is 0 Å². The van der Waals surface area contributed by atoms with Gasteiger partial charge in [-0.2, -0.15) is 4.98 Å². The van der Waals surface area contributed by atoms with Crippen molar-refractivity contribution >= 4 is 17.4 Å². The van der Waals surface area contributed by atoms with E-state index in [0.29, 0.717) is 11.1 Å². The van der Waals surface area contributed by atoms with Gasteiger partial charge >= 0.3 is 0 Å². The Bertz CT molecular complexity index is 257. The maximum absolute atomic E-state index is 4.97. The van der Waals surface area contributed by atoms with Crippen LogP contribution in [-0.4, -0.2) is 19.2 Å². The highest BCUT2D eigenvalue weighted by Crippen LogP contribution is 2.30. The molecule has 0 aliphatic carbocycles. The second kappa shape index (κ2) is 3.39. The Morgan fingerprint density at radius 2 is 2.18 bits per heavy atom. The summed E-state index contributed by atoms with van der Waals surface area (Å²) in [6.45, 7) is 3.62. The first kappa shape index (κ1) is 8.07. The summed E-state index contributed by atoms with van der Waals surface area (Å²) in [5.74, 6) is 0.571. The first-order chi connectivity index (χ1) is 5.31. The van der Waals surface area contributed by atoms with Crippen molar-refractivity contribution in [3.8, 4) is 11.1 Å². The van der Waals surface area contributed by atoms with Crippen molar-refractivity contribution < 1.29 is 9.47 Å². The van der Waals surface area contributed by atoms with E-state index in [2.05, 4.69) is 11.6 Å². The van der Waals surface area contributed by atoms with Gasteiger partial charge in [0.25, 0.3) is 5.19 Å². The molecule has 0 aliphatic heterocycles. The first-order valence-electron chi connectivity index (χ1n) is 3.03. The predicted octanol–water partition coefficient (Wildman–Crippen LogP) is 1.80. The molecular formula is C7H9NO2S. The van der Waals surface area contributed by atoms with E-state index in [9.17, 15) is 0 Å². The second-order valence-electron chi connectivity index (χ2n) is 1.76. The van der Waals surface area contributed by atoms with Crippen molar-refractivity contribution in [2.45, 2.75) is 0 Å². The second-order valence-corrected chi connectivity index (χ2v) is 2.75. The molecule has 60 valence electrons. The monoisotopic (exact) mass is 171 g/mol. The highest BCUT2D eigenvalue weighted by atomic mass is 32.1. The molecule has 0 fully saturated rings. The van der Waals surface area contributed by atoms with Crippen LogP contribution in [0.4, 0.5) is 0 Å². The molecule has 1 heterocycles. The number of methoxy groups -OCH3 is 2. The highest BCUT2D eigenvalue weighted by Gasteiger charge is 2.07. The third-order valence-electron chi connectivity index (χ3n) is 1.15. The van der Waals surface area contributed by atoms with Gasteiger partial charge in [-0.1, -0.05) is 17.9 Å². The van der Waals surface area contributed by atoms with Gasteiger partial charge in [-0.05, 0) is 6.08 Å². The molecular weight excluding hydrogens is 162 g/mol. The van der Waals surface area contributed by atoms with Crippen LogP contribution >= 0.6 is 11.3 Å². The van der Waals surface area contributed by atoms with Crippen LogP contribution < -0.4 is 9.47 Å². The van der Waals surface area contributed by atoms with Crippen molar-refractivity contribution in [3.63, 3.8) is 0 Å². The minimum atomic E-state index is 0.571. The van der Waals surface area contributed by atoms with E-state index in [0.717, 1.165) is 4.88 Å². The number of nitrogens with zero attached hydrogens (tertiary/aromatic N) is 1. The number of rotatable bonds is 3. The van der Waals surface area contributed by atoms with Gasteiger partial charge in [-0.3, -0.25) is 0 Å². The Morgan fingerprint density at radius 1 is 1.45 bits per heavy atom. The van der Waals surface area contributed by atoms with Gasteiger partial charge in [0.15, 0.2) is 0 Å².